The molecule has 0 aromatic carbocycles. The lowest BCUT2D eigenvalue weighted by Gasteiger charge is -2.46. The van der Waals surface area contributed by atoms with Gasteiger partial charge in [-0.05, 0) is 77.8 Å². The standard InChI is InChI=1S/C19H40O5Si3/c1-14(2)18(21)22-17-12-15(10-11-16(17)20)13-19(25-3,23-26(4,5)6)24-27(7,8)9/h15-17,20H,1,10-13,25H2,2-9H3. The fraction of sp³-hybridized carbons (Fsp3) is 0.842. The maximum absolute atomic E-state index is 11.9. The van der Waals surface area contributed by atoms with Crippen LogP contribution in [0.3, 0.4) is 0 Å². The molecule has 158 valence electrons. The second-order valence-corrected chi connectivity index (χ2v) is 20.5. The van der Waals surface area contributed by atoms with E-state index in [1.165, 1.54) is 0 Å². The lowest BCUT2D eigenvalue weighted by Crippen LogP contribution is -2.55. The third-order valence-corrected chi connectivity index (χ3v) is 8.80. The predicted molar refractivity (Wildman–Crippen MR) is 119 cm³/mol. The topological polar surface area (TPSA) is 65.0 Å². The van der Waals surface area contributed by atoms with Crippen LogP contribution in [-0.2, 0) is 18.4 Å². The first-order valence-electron chi connectivity index (χ1n) is 10.1. The predicted octanol–water partition coefficient (Wildman–Crippen LogP) is 3.60. The molecule has 3 atom stereocenters. The quantitative estimate of drug-likeness (QED) is 0.261. The Kier molecular flexibility index (Phi) is 8.71. The zero-order valence-corrected chi connectivity index (χ0v) is 22.0. The van der Waals surface area contributed by atoms with Crippen LogP contribution in [0.25, 0.3) is 0 Å². The highest BCUT2D eigenvalue weighted by Crippen LogP contribution is 2.37. The molecule has 0 bridgehead atoms. The van der Waals surface area contributed by atoms with E-state index < -0.39 is 49.7 Å². The number of esters is 1. The first kappa shape index (κ1) is 24.8. The Bertz CT molecular complexity index is 508. The van der Waals surface area contributed by atoms with E-state index in [2.05, 4.69) is 52.4 Å². The van der Waals surface area contributed by atoms with E-state index in [0.29, 0.717) is 24.3 Å². The second-order valence-electron chi connectivity index (χ2n) is 9.87. The maximum atomic E-state index is 11.9. The molecule has 0 radical (unpaired) electrons. The summed E-state index contributed by atoms with van der Waals surface area (Å²) >= 11 is 0. The molecule has 1 aliphatic carbocycles. The van der Waals surface area contributed by atoms with Crippen LogP contribution in [0.4, 0.5) is 0 Å². The van der Waals surface area contributed by atoms with Gasteiger partial charge in [-0.15, -0.1) is 0 Å². The number of carbonyl (C=O) groups excluding carboxylic acids is 1. The van der Waals surface area contributed by atoms with E-state index in [4.69, 9.17) is 13.6 Å². The normalized spacial score (nSPS) is 25.0. The van der Waals surface area contributed by atoms with Crippen molar-refractivity contribution in [3.05, 3.63) is 12.2 Å². The molecule has 0 amide bonds. The molecule has 0 aromatic rings. The molecule has 0 saturated heterocycles. The Morgan fingerprint density at radius 1 is 1.15 bits per heavy atom. The van der Waals surface area contributed by atoms with Gasteiger partial charge in [0.05, 0.1) is 15.6 Å². The van der Waals surface area contributed by atoms with Gasteiger partial charge < -0.3 is 18.7 Å². The largest absolute Gasteiger partial charge is 0.456 e. The van der Waals surface area contributed by atoms with Crippen LogP contribution in [0.15, 0.2) is 12.2 Å². The maximum Gasteiger partial charge on any atom is 0.333 e. The first-order chi connectivity index (χ1) is 12.2. The van der Waals surface area contributed by atoms with Crippen LogP contribution in [-0.4, -0.2) is 54.8 Å². The molecule has 0 aromatic heterocycles. The van der Waals surface area contributed by atoms with Crippen LogP contribution >= 0.6 is 0 Å². The minimum absolute atomic E-state index is 0.316. The Morgan fingerprint density at radius 3 is 2.07 bits per heavy atom. The molecule has 0 aliphatic heterocycles. The summed E-state index contributed by atoms with van der Waals surface area (Å²) in [6.07, 6.45) is 1.96. The molecule has 1 rings (SSSR count). The summed E-state index contributed by atoms with van der Waals surface area (Å²) in [5, 5.41) is 10.3. The Hall–Kier alpha value is -0.259. The van der Waals surface area contributed by atoms with Gasteiger partial charge in [0.2, 0.25) is 0 Å². The number of hydrogen-bond acceptors (Lipinski definition) is 5. The van der Waals surface area contributed by atoms with E-state index in [0.717, 1.165) is 12.8 Å². The lowest BCUT2D eigenvalue weighted by atomic mass is 9.83. The molecular formula is C19H40O5Si3. The van der Waals surface area contributed by atoms with Gasteiger partial charge in [0.15, 0.2) is 16.6 Å². The van der Waals surface area contributed by atoms with Gasteiger partial charge in [-0.2, -0.15) is 0 Å². The average Bonchev–Trinajstić information content (AvgIpc) is 2.47. The fourth-order valence-electron chi connectivity index (χ4n) is 3.69. The molecular weight excluding hydrogens is 392 g/mol. The number of aliphatic hydroxyl groups excluding tert-OH is 1. The molecule has 27 heavy (non-hydrogen) atoms. The van der Waals surface area contributed by atoms with Crippen LogP contribution in [0.5, 0.6) is 0 Å². The number of ether oxygens (including phenoxy) is 1. The molecule has 1 saturated carbocycles. The van der Waals surface area contributed by atoms with Gasteiger partial charge in [0, 0.05) is 5.57 Å². The zero-order chi connectivity index (χ0) is 21.0. The summed E-state index contributed by atoms with van der Waals surface area (Å²) in [5.41, 5.74) is -0.0890. The van der Waals surface area contributed by atoms with Crippen molar-refractivity contribution in [1.82, 2.24) is 0 Å². The summed E-state index contributed by atoms with van der Waals surface area (Å²) in [4.78, 5) is 11.9. The highest BCUT2D eigenvalue weighted by atomic mass is 28.4. The smallest absolute Gasteiger partial charge is 0.333 e. The van der Waals surface area contributed by atoms with Crippen molar-refractivity contribution in [3.63, 3.8) is 0 Å². The van der Waals surface area contributed by atoms with Gasteiger partial charge in [0.1, 0.15) is 11.5 Å². The van der Waals surface area contributed by atoms with Gasteiger partial charge in [-0.3, -0.25) is 0 Å². The molecule has 0 heterocycles. The van der Waals surface area contributed by atoms with Gasteiger partial charge >= 0.3 is 5.97 Å². The van der Waals surface area contributed by atoms with Crippen molar-refractivity contribution >= 4 is 32.1 Å². The molecule has 1 N–H and O–H groups in total. The van der Waals surface area contributed by atoms with Crippen molar-refractivity contribution in [2.24, 2.45) is 5.92 Å². The van der Waals surface area contributed by atoms with Crippen molar-refractivity contribution in [3.8, 4) is 0 Å². The van der Waals surface area contributed by atoms with Crippen LogP contribution in [0, 0.1) is 5.92 Å². The van der Waals surface area contributed by atoms with Crippen LogP contribution in [0.2, 0.25) is 45.8 Å². The van der Waals surface area contributed by atoms with Gasteiger partial charge in [-0.25, -0.2) is 4.79 Å². The average molecular weight is 433 g/mol. The SMILES string of the molecule is C=C(C)C(=O)OC1CC(CC(O[Si](C)(C)C)(O[Si](C)(C)C)[SiH2]C)CCC1O. The third-order valence-electron chi connectivity index (χ3n) is 4.60. The Balaban J connectivity index is 2.95. The zero-order valence-electron chi connectivity index (χ0n) is 18.6. The highest BCUT2D eigenvalue weighted by molar-refractivity contribution is 6.72. The number of aliphatic hydroxyl groups is 1. The summed E-state index contributed by atoms with van der Waals surface area (Å²) in [5.74, 6) is -0.107. The van der Waals surface area contributed by atoms with E-state index in [9.17, 15) is 9.90 Å². The Labute approximate surface area is 169 Å². The first-order valence-corrected chi connectivity index (χ1v) is 19.0. The highest BCUT2D eigenvalue weighted by Gasteiger charge is 2.43. The summed E-state index contributed by atoms with van der Waals surface area (Å²) < 4.78 is 18.8. The summed E-state index contributed by atoms with van der Waals surface area (Å²) in [6.45, 7) is 20.8. The second kappa shape index (κ2) is 9.49. The Morgan fingerprint density at radius 2 is 1.67 bits per heavy atom. The van der Waals surface area contributed by atoms with E-state index in [-0.39, 0.29) is 0 Å². The van der Waals surface area contributed by atoms with Gasteiger partial charge in [-0.1, -0.05) is 13.1 Å². The minimum Gasteiger partial charge on any atom is -0.456 e. The van der Waals surface area contributed by atoms with Crippen molar-refractivity contribution < 1.29 is 23.5 Å². The third kappa shape index (κ3) is 8.74. The van der Waals surface area contributed by atoms with E-state index in [1.54, 1.807) is 6.92 Å². The van der Waals surface area contributed by atoms with E-state index in [1.807, 2.05) is 0 Å². The van der Waals surface area contributed by atoms with Crippen LogP contribution < -0.4 is 0 Å². The summed E-state index contributed by atoms with van der Waals surface area (Å²) in [6, 6.07) is 0. The van der Waals surface area contributed by atoms with Crippen molar-refractivity contribution in [2.45, 2.75) is 96.1 Å². The molecule has 1 aliphatic rings. The van der Waals surface area contributed by atoms with Gasteiger partial charge in [0.25, 0.3) is 0 Å². The molecule has 0 spiro atoms. The number of rotatable bonds is 9. The molecule has 5 nitrogen and oxygen atoms in total. The molecule has 1 fully saturated rings. The fourth-order valence-corrected chi connectivity index (χ4v) is 10.7. The summed E-state index contributed by atoms with van der Waals surface area (Å²) in [7, 11) is -4.18. The lowest BCUT2D eigenvalue weighted by molar-refractivity contribution is -0.156. The van der Waals surface area contributed by atoms with Crippen molar-refractivity contribution in [2.75, 3.05) is 0 Å². The molecule has 3 unspecified atom stereocenters. The van der Waals surface area contributed by atoms with E-state index >= 15 is 0 Å². The number of hydrogen-bond donors (Lipinski definition) is 1. The monoisotopic (exact) mass is 432 g/mol. The van der Waals surface area contributed by atoms with Crippen molar-refractivity contribution in [1.29, 1.82) is 0 Å². The molecule has 8 heteroatoms. The van der Waals surface area contributed by atoms with Crippen LogP contribution in [0.1, 0.15) is 32.6 Å². The number of carbonyl (C=O) groups is 1. The minimum atomic E-state index is -1.78.